The minimum Gasteiger partial charge on any atom is -0.394 e. The van der Waals surface area contributed by atoms with Gasteiger partial charge in [0.25, 0.3) is 5.91 Å². The summed E-state index contributed by atoms with van der Waals surface area (Å²) in [6.07, 6.45) is 3.61. The van der Waals surface area contributed by atoms with E-state index in [9.17, 15) is 14.7 Å². The molecule has 7 atom stereocenters. The topological polar surface area (TPSA) is 90.4 Å². The fourth-order valence-corrected chi connectivity index (χ4v) is 8.82. The van der Waals surface area contributed by atoms with Gasteiger partial charge in [-0.05, 0) is 55.9 Å². The fourth-order valence-electron chi connectivity index (χ4n) is 7.88. The van der Waals surface area contributed by atoms with Crippen LogP contribution in [-0.2, 0) is 19.1 Å². The Balaban J connectivity index is 1.66. The second kappa shape index (κ2) is 13.2. The molecule has 3 saturated heterocycles. The summed E-state index contributed by atoms with van der Waals surface area (Å²) in [7, 11) is 0. The van der Waals surface area contributed by atoms with Crippen LogP contribution in [-0.4, -0.2) is 76.0 Å². The number of aryl methyl sites for hydroxylation is 2. The van der Waals surface area contributed by atoms with Crippen molar-refractivity contribution in [3.05, 3.63) is 85.0 Å². The number of carbonyl (C=O) groups excluding carboxylic acids is 3. The highest BCUT2D eigenvalue weighted by atomic mass is 79.9. The van der Waals surface area contributed by atoms with Crippen LogP contribution < -0.4 is 9.80 Å². The molecular formula is C36H44BrN3O5. The summed E-state index contributed by atoms with van der Waals surface area (Å²) in [6.45, 7) is 15.9. The zero-order valence-electron chi connectivity index (χ0n) is 26.6. The van der Waals surface area contributed by atoms with E-state index in [0.717, 1.165) is 16.8 Å². The fraction of sp³-hybridized carbons (Fsp3) is 0.472. The van der Waals surface area contributed by atoms with E-state index >= 15 is 4.79 Å². The molecule has 3 aliphatic rings. The Morgan fingerprint density at radius 2 is 1.67 bits per heavy atom. The summed E-state index contributed by atoms with van der Waals surface area (Å²) >= 11 is 3.79. The molecule has 2 aromatic rings. The van der Waals surface area contributed by atoms with Crippen LogP contribution in [0.15, 0.2) is 73.8 Å². The lowest BCUT2D eigenvalue weighted by Gasteiger charge is -2.40. The van der Waals surface area contributed by atoms with E-state index < -0.39 is 35.6 Å². The first-order valence-corrected chi connectivity index (χ1v) is 16.6. The molecule has 3 unspecified atom stereocenters. The van der Waals surface area contributed by atoms with Gasteiger partial charge in [-0.1, -0.05) is 78.3 Å². The average molecular weight is 679 g/mol. The molecule has 9 heteroatoms. The first-order valence-electron chi connectivity index (χ1n) is 15.7. The Kier molecular flexibility index (Phi) is 9.73. The summed E-state index contributed by atoms with van der Waals surface area (Å²) in [5, 5.41) is 10.7. The maximum Gasteiger partial charge on any atom is 0.253 e. The van der Waals surface area contributed by atoms with Crippen molar-refractivity contribution in [2.75, 3.05) is 29.5 Å². The highest BCUT2D eigenvalue weighted by molar-refractivity contribution is 9.09. The van der Waals surface area contributed by atoms with Crippen molar-refractivity contribution in [3.8, 4) is 0 Å². The van der Waals surface area contributed by atoms with Crippen LogP contribution in [0.25, 0.3) is 0 Å². The van der Waals surface area contributed by atoms with Crippen molar-refractivity contribution >= 4 is 45.0 Å². The van der Waals surface area contributed by atoms with E-state index in [-0.39, 0.29) is 48.2 Å². The van der Waals surface area contributed by atoms with Gasteiger partial charge in [0, 0.05) is 29.3 Å². The smallest absolute Gasteiger partial charge is 0.253 e. The van der Waals surface area contributed by atoms with Crippen molar-refractivity contribution in [2.24, 2.45) is 17.8 Å². The number of hydrogen-bond donors (Lipinski definition) is 1. The number of nitrogens with zero attached hydrogens (tertiary/aromatic N) is 3. The Morgan fingerprint density at radius 3 is 2.24 bits per heavy atom. The molecule has 5 rings (SSSR count). The monoisotopic (exact) mass is 677 g/mol. The summed E-state index contributed by atoms with van der Waals surface area (Å²) in [5.74, 6) is -2.44. The number of aliphatic hydroxyl groups excluding tert-OH is 1. The quantitative estimate of drug-likeness (QED) is 0.247. The number of benzene rings is 2. The lowest BCUT2D eigenvalue weighted by atomic mass is 9.70. The molecule has 1 spiro atoms. The van der Waals surface area contributed by atoms with Crippen molar-refractivity contribution in [2.45, 2.75) is 69.2 Å². The molecule has 0 aromatic heterocycles. The third-order valence-electron chi connectivity index (χ3n) is 9.53. The molecule has 3 amide bonds. The van der Waals surface area contributed by atoms with Gasteiger partial charge < -0.3 is 24.5 Å². The minimum absolute atomic E-state index is 0.145. The number of rotatable bonds is 12. The van der Waals surface area contributed by atoms with Gasteiger partial charge in [-0.3, -0.25) is 14.4 Å². The lowest BCUT2D eigenvalue weighted by Crippen LogP contribution is -2.59. The summed E-state index contributed by atoms with van der Waals surface area (Å²) in [4.78, 5) is 49.1. The number of anilines is 2. The van der Waals surface area contributed by atoms with E-state index in [1.807, 2.05) is 76.2 Å². The van der Waals surface area contributed by atoms with Crippen LogP contribution in [0.5, 0.6) is 0 Å². The molecule has 240 valence electrons. The molecule has 2 aromatic carbocycles. The van der Waals surface area contributed by atoms with E-state index in [1.54, 1.807) is 26.9 Å². The third kappa shape index (κ3) is 5.57. The van der Waals surface area contributed by atoms with Crippen LogP contribution >= 0.6 is 15.9 Å². The van der Waals surface area contributed by atoms with Crippen LogP contribution in [0.1, 0.15) is 37.8 Å². The molecule has 3 fully saturated rings. The van der Waals surface area contributed by atoms with Gasteiger partial charge >= 0.3 is 0 Å². The molecule has 2 bridgehead atoms. The number of alkyl halides is 1. The Bertz CT molecular complexity index is 1440. The van der Waals surface area contributed by atoms with E-state index in [1.165, 1.54) is 0 Å². The molecule has 3 heterocycles. The van der Waals surface area contributed by atoms with E-state index in [4.69, 9.17) is 4.74 Å². The molecule has 45 heavy (non-hydrogen) atoms. The number of halogens is 1. The minimum atomic E-state index is -1.26. The molecule has 8 nitrogen and oxygen atoms in total. The second-order valence-corrected chi connectivity index (χ2v) is 14.1. The van der Waals surface area contributed by atoms with Crippen molar-refractivity contribution in [1.29, 1.82) is 0 Å². The summed E-state index contributed by atoms with van der Waals surface area (Å²) < 4.78 is 6.82. The number of ether oxygens (including phenoxy) is 1. The Labute approximate surface area is 274 Å². The standard InChI is InChI=1S/C36H44BrN3O5/c1-7-17-38(25-15-10-9-11-16-25)33(42)28-29-34(43)40(26(21-41)19-22(3)4)32(36(29)20-27(37)31(28)45-36)35(44)39(18-8-2)30-23(5)13-12-14-24(30)6/h7-16,22,26-29,31-32,41H,1-2,17-21H2,3-6H3/t26-,27?,28-,29+,31-,32?,36?/m1/s1. The zero-order valence-corrected chi connectivity index (χ0v) is 28.2. The van der Waals surface area contributed by atoms with Gasteiger partial charge in [0.05, 0.1) is 30.6 Å². The van der Waals surface area contributed by atoms with Gasteiger partial charge in [0.1, 0.15) is 11.6 Å². The van der Waals surface area contributed by atoms with Crippen LogP contribution in [0, 0.1) is 31.6 Å². The molecule has 1 N–H and O–H groups in total. The predicted octanol–water partition coefficient (Wildman–Crippen LogP) is 5.20. The molecule has 0 aliphatic carbocycles. The highest BCUT2D eigenvalue weighted by Crippen LogP contribution is 2.61. The molecule has 3 aliphatic heterocycles. The van der Waals surface area contributed by atoms with Gasteiger partial charge in [-0.2, -0.15) is 0 Å². The van der Waals surface area contributed by atoms with E-state index in [0.29, 0.717) is 18.5 Å². The second-order valence-electron chi connectivity index (χ2n) is 12.9. The van der Waals surface area contributed by atoms with Crippen LogP contribution in [0.4, 0.5) is 11.4 Å². The van der Waals surface area contributed by atoms with Gasteiger partial charge in [-0.15, -0.1) is 13.2 Å². The largest absolute Gasteiger partial charge is 0.394 e. The highest BCUT2D eigenvalue weighted by Gasteiger charge is 2.77. The number of fused-ring (bicyclic) bond motifs is 1. The van der Waals surface area contributed by atoms with Crippen molar-refractivity contribution < 1.29 is 24.2 Å². The Hall–Kier alpha value is -3.27. The first kappa shape index (κ1) is 33.1. The van der Waals surface area contributed by atoms with Gasteiger partial charge in [0.2, 0.25) is 11.8 Å². The van der Waals surface area contributed by atoms with Crippen molar-refractivity contribution in [3.63, 3.8) is 0 Å². The normalized spacial score (nSPS) is 27.4. The molecule has 0 saturated carbocycles. The maximum absolute atomic E-state index is 15.1. The first-order chi connectivity index (χ1) is 21.5. The summed E-state index contributed by atoms with van der Waals surface area (Å²) in [6, 6.07) is 13.5. The average Bonchev–Trinajstić information content (AvgIpc) is 3.61. The van der Waals surface area contributed by atoms with Crippen LogP contribution in [0.2, 0.25) is 0 Å². The maximum atomic E-state index is 15.1. The summed E-state index contributed by atoms with van der Waals surface area (Å²) in [5.41, 5.74) is 2.03. The van der Waals surface area contributed by atoms with Crippen molar-refractivity contribution in [1.82, 2.24) is 4.90 Å². The Morgan fingerprint density at radius 1 is 1.04 bits per heavy atom. The molecular weight excluding hydrogens is 634 g/mol. The third-order valence-corrected chi connectivity index (χ3v) is 10.4. The SMILES string of the molecule is C=CCN(C(=O)[C@H]1[C@@H]2OC3(CC2Br)C(C(=O)N(CC=C)c2c(C)cccc2C)N([C@@H](CO)CC(C)C)C(=O)[C@H]13)c1ccccc1. The number of carbonyl (C=O) groups is 3. The number of aliphatic hydroxyl groups is 1. The van der Waals surface area contributed by atoms with Gasteiger partial charge in [0.15, 0.2) is 0 Å². The van der Waals surface area contributed by atoms with E-state index in [2.05, 4.69) is 29.1 Å². The number of hydrogen-bond acceptors (Lipinski definition) is 5. The number of likely N-dealkylation sites (tertiary alicyclic amines) is 1. The predicted molar refractivity (Wildman–Crippen MR) is 180 cm³/mol. The number of para-hydroxylation sites is 2. The number of amides is 3. The zero-order chi connectivity index (χ0) is 32.6. The van der Waals surface area contributed by atoms with Gasteiger partial charge in [-0.25, -0.2) is 0 Å². The molecule has 0 radical (unpaired) electrons. The van der Waals surface area contributed by atoms with Crippen LogP contribution in [0.3, 0.4) is 0 Å². The lowest BCUT2D eigenvalue weighted by molar-refractivity contribution is -0.144.